The SMILES string of the molecule is CN1C(=O)[C@@H](c2ccc(C#Cc3ccc(F)cc3)cn2)C2CCC[C@@H]21. The van der Waals surface area contributed by atoms with E-state index in [0.717, 1.165) is 29.7 Å². The van der Waals surface area contributed by atoms with E-state index < -0.39 is 0 Å². The van der Waals surface area contributed by atoms with Crippen LogP contribution in [0.2, 0.25) is 0 Å². The Kier molecular flexibility index (Phi) is 4.01. The molecule has 1 unspecified atom stereocenters. The molecule has 3 nitrogen and oxygen atoms in total. The number of pyridine rings is 1. The van der Waals surface area contributed by atoms with Crippen molar-refractivity contribution in [2.24, 2.45) is 5.92 Å². The van der Waals surface area contributed by atoms with E-state index in [9.17, 15) is 9.18 Å². The van der Waals surface area contributed by atoms with Crippen molar-refractivity contribution in [3.63, 3.8) is 0 Å². The lowest BCUT2D eigenvalue weighted by molar-refractivity contribution is -0.129. The maximum atomic E-state index is 12.9. The van der Waals surface area contributed by atoms with Crippen LogP contribution >= 0.6 is 0 Å². The number of hydrogen-bond acceptors (Lipinski definition) is 2. The van der Waals surface area contributed by atoms with E-state index in [1.165, 1.54) is 18.6 Å². The van der Waals surface area contributed by atoms with Gasteiger partial charge >= 0.3 is 0 Å². The van der Waals surface area contributed by atoms with E-state index in [4.69, 9.17) is 0 Å². The van der Waals surface area contributed by atoms with Crippen LogP contribution in [0.15, 0.2) is 42.6 Å². The Morgan fingerprint density at radius 2 is 1.80 bits per heavy atom. The van der Waals surface area contributed by atoms with Crippen molar-refractivity contribution < 1.29 is 9.18 Å². The molecule has 2 aromatic rings. The van der Waals surface area contributed by atoms with Crippen LogP contribution in [0.1, 0.15) is 42.0 Å². The van der Waals surface area contributed by atoms with Crippen LogP contribution in [0.25, 0.3) is 0 Å². The topological polar surface area (TPSA) is 33.2 Å². The molecule has 0 spiro atoms. The van der Waals surface area contributed by atoms with Gasteiger partial charge in [-0.25, -0.2) is 4.39 Å². The number of likely N-dealkylation sites (tertiary alicyclic amines) is 1. The maximum Gasteiger partial charge on any atom is 0.232 e. The fourth-order valence-electron chi connectivity index (χ4n) is 4.09. The molecule has 0 radical (unpaired) electrons. The average molecular weight is 334 g/mol. The molecule has 2 aliphatic rings. The third-order valence-corrected chi connectivity index (χ3v) is 5.37. The summed E-state index contributed by atoms with van der Waals surface area (Å²) in [4.78, 5) is 19.0. The van der Waals surface area contributed by atoms with Crippen molar-refractivity contribution in [3.8, 4) is 11.8 Å². The molecule has 1 aromatic heterocycles. The predicted molar refractivity (Wildman–Crippen MR) is 93.3 cm³/mol. The lowest BCUT2D eigenvalue weighted by Crippen LogP contribution is -2.29. The summed E-state index contributed by atoms with van der Waals surface area (Å²) in [5.74, 6) is 6.23. The van der Waals surface area contributed by atoms with Crippen LogP contribution in [0.5, 0.6) is 0 Å². The summed E-state index contributed by atoms with van der Waals surface area (Å²) in [6.07, 6.45) is 5.11. The highest BCUT2D eigenvalue weighted by Gasteiger charge is 2.49. The molecule has 1 saturated heterocycles. The van der Waals surface area contributed by atoms with Gasteiger partial charge in [0.25, 0.3) is 0 Å². The van der Waals surface area contributed by atoms with Gasteiger partial charge in [-0.3, -0.25) is 9.78 Å². The van der Waals surface area contributed by atoms with Crippen molar-refractivity contribution >= 4 is 5.91 Å². The smallest absolute Gasteiger partial charge is 0.232 e. The number of likely N-dealkylation sites (N-methyl/N-ethyl adjacent to an activating group) is 1. The largest absolute Gasteiger partial charge is 0.342 e. The van der Waals surface area contributed by atoms with Crippen LogP contribution in [-0.2, 0) is 4.79 Å². The standard InChI is InChI=1S/C21H19FN2O/c1-24-19-4-2-3-17(19)20(21(24)25)18-12-9-15(13-23-18)6-5-14-7-10-16(22)11-8-14/h7-13,17,19-20H,2-4H2,1H3/t17?,19-,20+/m0/s1. The van der Waals surface area contributed by atoms with E-state index >= 15 is 0 Å². The lowest BCUT2D eigenvalue weighted by atomic mass is 9.89. The second kappa shape index (κ2) is 6.33. The zero-order valence-electron chi connectivity index (χ0n) is 14.1. The highest BCUT2D eigenvalue weighted by Crippen LogP contribution is 2.45. The summed E-state index contributed by atoms with van der Waals surface area (Å²) >= 11 is 0. The number of hydrogen-bond donors (Lipinski definition) is 0. The molecule has 1 amide bonds. The summed E-state index contributed by atoms with van der Waals surface area (Å²) in [5.41, 5.74) is 2.39. The Hall–Kier alpha value is -2.67. The Morgan fingerprint density at radius 1 is 1.08 bits per heavy atom. The molecule has 126 valence electrons. The number of benzene rings is 1. The zero-order chi connectivity index (χ0) is 17.4. The van der Waals surface area contributed by atoms with Crippen LogP contribution in [0.4, 0.5) is 4.39 Å². The quantitative estimate of drug-likeness (QED) is 0.750. The van der Waals surface area contributed by atoms with Gasteiger partial charge in [-0.15, -0.1) is 0 Å². The number of halogens is 1. The lowest BCUT2D eigenvalue weighted by Gasteiger charge is -2.17. The first-order valence-corrected chi connectivity index (χ1v) is 8.64. The summed E-state index contributed by atoms with van der Waals surface area (Å²) < 4.78 is 12.9. The fraction of sp³-hybridized carbons (Fsp3) is 0.333. The van der Waals surface area contributed by atoms with Crippen molar-refractivity contribution in [2.45, 2.75) is 31.2 Å². The molecule has 0 bridgehead atoms. The number of carbonyl (C=O) groups excluding carboxylic acids is 1. The van der Waals surface area contributed by atoms with Gasteiger partial charge in [0.15, 0.2) is 0 Å². The van der Waals surface area contributed by atoms with Gasteiger partial charge in [0.2, 0.25) is 5.91 Å². The van der Waals surface area contributed by atoms with Gasteiger partial charge in [0.05, 0.1) is 11.6 Å². The fourth-order valence-corrected chi connectivity index (χ4v) is 4.09. The van der Waals surface area contributed by atoms with Gasteiger partial charge in [0.1, 0.15) is 5.82 Å². The Bertz CT molecular complexity index is 848. The summed E-state index contributed by atoms with van der Waals surface area (Å²) in [5, 5.41) is 0. The van der Waals surface area contributed by atoms with Gasteiger partial charge in [-0.05, 0) is 55.2 Å². The summed E-state index contributed by atoms with van der Waals surface area (Å²) in [6, 6.07) is 10.3. The second-order valence-corrected chi connectivity index (χ2v) is 6.82. The van der Waals surface area contributed by atoms with Gasteiger partial charge in [-0.2, -0.15) is 0 Å². The predicted octanol–water partition coefficient (Wildman–Crippen LogP) is 3.34. The Labute approximate surface area is 146 Å². The van der Waals surface area contributed by atoms with Gasteiger partial charge in [0, 0.05) is 30.4 Å². The Morgan fingerprint density at radius 3 is 2.52 bits per heavy atom. The number of carbonyl (C=O) groups is 1. The molecular formula is C21H19FN2O. The monoisotopic (exact) mass is 334 g/mol. The van der Waals surface area contributed by atoms with Gasteiger partial charge < -0.3 is 4.90 Å². The van der Waals surface area contributed by atoms with Crippen molar-refractivity contribution in [1.82, 2.24) is 9.88 Å². The minimum atomic E-state index is -0.270. The number of rotatable bonds is 1. The van der Waals surface area contributed by atoms with E-state index in [2.05, 4.69) is 16.8 Å². The highest BCUT2D eigenvalue weighted by molar-refractivity contribution is 5.86. The normalized spacial score (nSPS) is 24.8. The summed E-state index contributed by atoms with van der Waals surface area (Å²) in [6.45, 7) is 0. The molecule has 0 N–H and O–H groups in total. The van der Waals surface area contributed by atoms with Crippen LogP contribution in [-0.4, -0.2) is 28.9 Å². The Balaban J connectivity index is 1.55. The first-order valence-electron chi connectivity index (χ1n) is 8.64. The molecule has 1 aliphatic heterocycles. The van der Waals surface area contributed by atoms with E-state index in [0.29, 0.717) is 12.0 Å². The molecule has 1 aromatic carbocycles. The van der Waals surface area contributed by atoms with Crippen LogP contribution in [0.3, 0.4) is 0 Å². The van der Waals surface area contributed by atoms with Crippen molar-refractivity contribution in [2.75, 3.05) is 7.05 Å². The third kappa shape index (κ3) is 2.91. The van der Waals surface area contributed by atoms with E-state index in [1.807, 2.05) is 24.1 Å². The molecule has 1 aliphatic carbocycles. The first-order chi connectivity index (χ1) is 12.1. The first kappa shape index (κ1) is 15.8. The van der Waals surface area contributed by atoms with E-state index in [-0.39, 0.29) is 17.6 Å². The minimum Gasteiger partial charge on any atom is -0.342 e. The zero-order valence-corrected chi connectivity index (χ0v) is 14.1. The molecule has 1 saturated carbocycles. The average Bonchev–Trinajstić information content (AvgIpc) is 3.19. The number of fused-ring (bicyclic) bond motifs is 1. The van der Waals surface area contributed by atoms with Crippen LogP contribution < -0.4 is 0 Å². The molecule has 2 heterocycles. The molecule has 4 heteroatoms. The van der Waals surface area contributed by atoms with Gasteiger partial charge in [-0.1, -0.05) is 18.3 Å². The molecule has 2 fully saturated rings. The maximum absolute atomic E-state index is 12.9. The second-order valence-electron chi connectivity index (χ2n) is 6.82. The third-order valence-electron chi connectivity index (χ3n) is 5.37. The van der Waals surface area contributed by atoms with Crippen molar-refractivity contribution in [3.05, 3.63) is 65.2 Å². The molecule has 3 atom stereocenters. The number of aromatic nitrogens is 1. The van der Waals surface area contributed by atoms with E-state index in [1.54, 1.807) is 18.3 Å². The number of nitrogens with zero attached hydrogens (tertiary/aromatic N) is 2. The molecule has 4 rings (SSSR count). The minimum absolute atomic E-state index is 0.114. The van der Waals surface area contributed by atoms with Crippen molar-refractivity contribution in [1.29, 1.82) is 0 Å². The molecule has 25 heavy (non-hydrogen) atoms. The molecular weight excluding hydrogens is 315 g/mol. The number of amides is 1. The van der Waals surface area contributed by atoms with Crippen LogP contribution in [0, 0.1) is 23.6 Å². The highest BCUT2D eigenvalue weighted by atomic mass is 19.1. The summed E-state index contributed by atoms with van der Waals surface area (Å²) in [7, 11) is 1.91.